The van der Waals surface area contributed by atoms with Crippen LogP contribution in [0.5, 0.6) is 11.5 Å². The Hall–Kier alpha value is -0.930. The molecule has 0 amide bonds. The van der Waals surface area contributed by atoms with Crippen molar-refractivity contribution in [1.82, 2.24) is 0 Å². The predicted octanol–water partition coefficient (Wildman–Crippen LogP) is 3.09. The summed E-state index contributed by atoms with van der Waals surface area (Å²) in [6, 6.07) is 1.94. The zero-order chi connectivity index (χ0) is 13.3. The van der Waals surface area contributed by atoms with E-state index in [4.69, 9.17) is 26.8 Å². The fourth-order valence-corrected chi connectivity index (χ4v) is 2.41. The Labute approximate surface area is 113 Å². The lowest BCUT2D eigenvalue weighted by molar-refractivity contribution is 0.296. The highest BCUT2D eigenvalue weighted by molar-refractivity contribution is 6.32. The standard InChI is InChI=1S/C14H20ClNO2/c1-9-10(8-14(2,3)16)7-11(15)13-12(9)17-5-4-6-18-13/h7H,4-6,8,16H2,1-3H3. The number of nitrogens with two attached hydrogens (primary N) is 1. The average Bonchev–Trinajstić information content (AvgIpc) is 2.49. The summed E-state index contributed by atoms with van der Waals surface area (Å²) >= 11 is 6.27. The molecular formula is C14H20ClNO2. The molecule has 0 saturated carbocycles. The fourth-order valence-electron chi connectivity index (χ4n) is 2.14. The lowest BCUT2D eigenvalue weighted by Crippen LogP contribution is -2.34. The van der Waals surface area contributed by atoms with Crippen molar-refractivity contribution in [2.24, 2.45) is 5.73 Å². The average molecular weight is 270 g/mol. The second kappa shape index (κ2) is 4.98. The molecular weight excluding hydrogens is 250 g/mol. The van der Waals surface area contributed by atoms with Crippen LogP contribution in [0.3, 0.4) is 0 Å². The summed E-state index contributed by atoms with van der Waals surface area (Å²) in [7, 11) is 0. The van der Waals surface area contributed by atoms with Gasteiger partial charge in [-0.2, -0.15) is 0 Å². The maximum atomic E-state index is 6.27. The van der Waals surface area contributed by atoms with E-state index in [9.17, 15) is 0 Å². The number of hydrogen-bond acceptors (Lipinski definition) is 3. The molecule has 1 aliphatic heterocycles. The highest BCUT2D eigenvalue weighted by Crippen LogP contribution is 2.41. The number of halogens is 1. The van der Waals surface area contributed by atoms with Crippen molar-refractivity contribution in [2.75, 3.05) is 13.2 Å². The van der Waals surface area contributed by atoms with Gasteiger partial charge in [0.25, 0.3) is 0 Å². The van der Waals surface area contributed by atoms with Crippen molar-refractivity contribution >= 4 is 11.6 Å². The van der Waals surface area contributed by atoms with Crippen molar-refractivity contribution in [3.05, 3.63) is 22.2 Å². The van der Waals surface area contributed by atoms with Crippen LogP contribution in [0.4, 0.5) is 0 Å². The van der Waals surface area contributed by atoms with E-state index in [0.717, 1.165) is 29.7 Å². The minimum absolute atomic E-state index is 0.270. The van der Waals surface area contributed by atoms with E-state index < -0.39 is 0 Å². The van der Waals surface area contributed by atoms with Crippen LogP contribution in [0.25, 0.3) is 0 Å². The topological polar surface area (TPSA) is 44.5 Å². The lowest BCUT2D eigenvalue weighted by atomic mass is 9.93. The molecule has 0 unspecified atom stereocenters. The summed E-state index contributed by atoms with van der Waals surface area (Å²) in [6.07, 6.45) is 1.64. The number of benzene rings is 1. The Morgan fingerprint density at radius 2 is 1.89 bits per heavy atom. The van der Waals surface area contributed by atoms with Crippen LogP contribution in [-0.4, -0.2) is 18.8 Å². The molecule has 2 rings (SSSR count). The Kier molecular flexibility index (Phi) is 3.74. The van der Waals surface area contributed by atoms with E-state index in [1.165, 1.54) is 0 Å². The van der Waals surface area contributed by atoms with Gasteiger partial charge in [-0.3, -0.25) is 0 Å². The molecule has 4 heteroatoms. The molecule has 0 saturated heterocycles. The summed E-state index contributed by atoms with van der Waals surface area (Å²) in [5.41, 5.74) is 8.01. The van der Waals surface area contributed by atoms with Crippen LogP contribution in [0.1, 0.15) is 31.4 Å². The number of hydrogen-bond donors (Lipinski definition) is 1. The molecule has 3 nitrogen and oxygen atoms in total. The van der Waals surface area contributed by atoms with E-state index >= 15 is 0 Å². The Morgan fingerprint density at radius 1 is 1.28 bits per heavy atom. The van der Waals surface area contributed by atoms with Gasteiger partial charge in [-0.15, -0.1) is 0 Å². The molecule has 0 aliphatic carbocycles. The second-order valence-electron chi connectivity index (χ2n) is 5.52. The number of rotatable bonds is 2. The van der Waals surface area contributed by atoms with Crippen LogP contribution in [0.15, 0.2) is 6.07 Å². The van der Waals surface area contributed by atoms with Gasteiger partial charge in [0.1, 0.15) is 0 Å². The van der Waals surface area contributed by atoms with Gasteiger partial charge in [0.2, 0.25) is 0 Å². The normalized spacial score (nSPS) is 15.4. The molecule has 0 aromatic heterocycles. The van der Waals surface area contributed by atoms with Crippen molar-refractivity contribution in [1.29, 1.82) is 0 Å². The van der Waals surface area contributed by atoms with Gasteiger partial charge in [-0.05, 0) is 44.4 Å². The molecule has 1 aliphatic rings. The van der Waals surface area contributed by atoms with E-state index in [1.807, 2.05) is 26.8 Å². The fraction of sp³-hybridized carbons (Fsp3) is 0.571. The predicted molar refractivity (Wildman–Crippen MR) is 73.8 cm³/mol. The smallest absolute Gasteiger partial charge is 0.180 e. The first-order chi connectivity index (χ1) is 8.38. The van der Waals surface area contributed by atoms with Crippen LogP contribution in [0.2, 0.25) is 5.02 Å². The van der Waals surface area contributed by atoms with Gasteiger partial charge in [0.05, 0.1) is 18.2 Å². The Morgan fingerprint density at radius 3 is 2.50 bits per heavy atom. The molecule has 1 aromatic carbocycles. The van der Waals surface area contributed by atoms with Crippen molar-refractivity contribution in [3.8, 4) is 11.5 Å². The van der Waals surface area contributed by atoms with Crippen molar-refractivity contribution in [2.45, 2.75) is 39.2 Å². The van der Waals surface area contributed by atoms with Gasteiger partial charge in [-0.1, -0.05) is 11.6 Å². The summed E-state index contributed by atoms with van der Waals surface area (Å²) in [6.45, 7) is 7.35. The SMILES string of the molecule is Cc1c(CC(C)(C)N)cc(Cl)c2c1OCCCO2. The third kappa shape index (κ3) is 2.90. The maximum Gasteiger partial charge on any atom is 0.180 e. The number of fused-ring (bicyclic) bond motifs is 1. The molecule has 0 radical (unpaired) electrons. The van der Waals surface area contributed by atoms with Gasteiger partial charge in [0, 0.05) is 12.0 Å². The zero-order valence-electron chi connectivity index (χ0n) is 11.2. The van der Waals surface area contributed by atoms with E-state index in [2.05, 4.69) is 0 Å². The van der Waals surface area contributed by atoms with E-state index in [-0.39, 0.29) is 5.54 Å². The van der Waals surface area contributed by atoms with Crippen LogP contribution in [-0.2, 0) is 6.42 Å². The maximum absolute atomic E-state index is 6.27. The van der Waals surface area contributed by atoms with Crippen molar-refractivity contribution in [3.63, 3.8) is 0 Å². The largest absolute Gasteiger partial charge is 0.489 e. The first kappa shape index (κ1) is 13.5. The molecule has 1 aromatic rings. The highest BCUT2D eigenvalue weighted by Gasteiger charge is 2.22. The lowest BCUT2D eigenvalue weighted by Gasteiger charge is -2.22. The van der Waals surface area contributed by atoms with Crippen LogP contribution in [0, 0.1) is 6.92 Å². The molecule has 0 spiro atoms. The zero-order valence-corrected chi connectivity index (χ0v) is 11.9. The quantitative estimate of drug-likeness (QED) is 0.897. The minimum Gasteiger partial charge on any atom is -0.489 e. The summed E-state index contributed by atoms with van der Waals surface area (Å²) in [5.74, 6) is 1.45. The summed E-state index contributed by atoms with van der Waals surface area (Å²) < 4.78 is 11.4. The first-order valence-corrected chi connectivity index (χ1v) is 6.63. The Bertz CT molecular complexity index is 452. The molecule has 2 N–H and O–H groups in total. The summed E-state index contributed by atoms with van der Waals surface area (Å²) in [4.78, 5) is 0. The molecule has 0 fully saturated rings. The molecule has 0 bridgehead atoms. The Balaban J connectivity index is 2.45. The van der Waals surface area contributed by atoms with Crippen molar-refractivity contribution < 1.29 is 9.47 Å². The minimum atomic E-state index is -0.270. The summed E-state index contributed by atoms with van der Waals surface area (Å²) in [5, 5.41) is 0.608. The third-order valence-corrected chi connectivity index (χ3v) is 3.25. The molecule has 18 heavy (non-hydrogen) atoms. The molecule has 100 valence electrons. The van der Waals surface area contributed by atoms with Gasteiger partial charge in [-0.25, -0.2) is 0 Å². The molecule has 0 atom stereocenters. The third-order valence-electron chi connectivity index (χ3n) is 2.97. The van der Waals surface area contributed by atoms with Gasteiger partial charge >= 0.3 is 0 Å². The van der Waals surface area contributed by atoms with E-state index in [0.29, 0.717) is 24.0 Å². The highest BCUT2D eigenvalue weighted by atomic mass is 35.5. The second-order valence-corrected chi connectivity index (χ2v) is 5.92. The number of ether oxygens (including phenoxy) is 2. The first-order valence-electron chi connectivity index (χ1n) is 6.25. The van der Waals surface area contributed by atoms with Crippen LogP contribution >= 0.6 is 11.6 Å². The van der Waals surface area contributed by atoms with E-state index in [1.54, 1.807) is 0 Å². The van der Waals surface area contributed by atoms with Gasteiger partial charge in [0.15, 0.2) is 11.5 Å². The monoisotopic (exact) mass is 269 g/mol. The van der Waals surface area contributed by atoms with Gasteiger partial charge < -0.3 is 15.2 Å². The molecule has 1 heterocycles. The van der Waals surface area contributed by atoms with Crippen LogP contribution < -0.4 is 15.2 Å².